The summed E-state index contributed by atoms with van der Waals surface area (Å²) in [7, 11) is -1.44. The molecular formula is C18H17Cl2F3N4O2S. The van der Waals surface area contributed by atoms with E-state index in [4.69, 9.17) is 27.9 Å². The lowest BCUT2D eigenvalue weighted by Gasteiger charge is -2.20. The third kappa shape index (κ3) is 4.66. The minimum Gasteiger partial charge on any atom is -0.484 e. The Kier molecular flexibility index (Phi) is 6.11. The summed E-state index contributed by atoms with van der Waals surface area (Å²) in [5.74, 6) is 0.723. The minimum atomic E-state index is -4.44. The van der Waals surface area contributed by atoms with Gasteiger partial charge < -0.3 is 15.0 Å². The molecule has 2 unspecified atom stereocenters. The summed E-state index contributed by atoms with van der Waals surface area (Å²) in [4.78, 5) is 11.0. The van der Waals surface area contributed by atoms with Crippen LogP contribution in [0.1, 0.15) is 17.7 Å². The molecule has 1 saturated heterocycles. The molecule has 1 N–H and O–H groups in total. The standard InChI is InChI=1S/C18H17Cl2F3N4O2S/c19-13-5-10(29-9-18(21,22)23)1-2-15(13)30(28)11-3-4-27(8-11)16-12-6-24-7-14(12)25-17(20)26-16/h1-2,5,11,24H,3-4,6-9H2. The van der Waals surface area contributed by atoms with Gasteiger partial charge >= 0.3 is 6.18 Å². The summed E-state index contributed by atoms with van der Waals surface area (Å²) < 4.78 is 54.7. The molecule has 30 heavy (non-hydrogen) atoms. The number of ether oxygens (including phenoxy) is 1. The van der Waals surface area contributed by atoms with Crippen LogP contribution in [0, 0.1) is 0 Å². The Hall–Kier alpha value is -1.62. The number of fused-ring (bicyclic) bond motifs is 1. The molecule has 2 aliphatic rings. The normalized spacial score (nSPS) is 19.8. The van der Waals surface area contributed by atoms with Crippen LogP contribution in [0.4, 0.5) is 19.0 Å². The second kappa shape index (κ2) is 8.49. The molecule has 1 aromatic heterocycles. The van der Waals surface area contributed by atoms with Gasteiger partial charge in [-0.1, -0.05) is 11.6 Å². The van der Waals surface area contributed by atoms with Crippen molar-refractivity contribution in [1.29, 1.82) is 0 Å². The predicted molar refractivity (Wildman–Crippen MR) is 108 cm³/mol. The smallest absolute Gasteiger partial charge is 0.422 e. The third-order valence-electron chi connectivity index (χ3n) is 4.91. The second-order valence-electron chi connectivity index (χ2n) is 7.00. The molecule has 12 heteroatoms. The van der Waals surface area contributed by atoms with Gasteiger partial charge in [-0.05, 0) is 36.2 Å². The van der Waals surface area contributed by atoms with Crippen LogP contribution in [0.25, 0.3) is 0 Å². The molecule has 0 bridgehead atoms. The molecule has 0 aliphatic carbocycles. The van der Waals surface area contributed by atoms with Gasteiger partial charge in [0, 0.05) is 31.7 Å². The van der Waals surface area contributed by atoms with Crippen molar-refractivity contribution in [3.8, 4) is 5.75 Å². The maximum atomic E-state index is 13.1. The van der Waals surface area contributed by atoms with Crippen LogP contribution in [-0.2, 0) is 23.9 Å². The lowest BCUT2D eigenvalue weighted by Crippen LogP contribution is -2.26. The number of halogens is 5. The van der Waals surface area contributed by atoms with Crippen molar-refractivity contribution >= 4 is 39.8 Å². The van der Waals surface area contributed by atoms with Crippen LogP contribution in [0.15, 0.2) is 23.1 Å². The third-order valence-corrected chi connectivity index (χ3v) is 7.28. The van der Waals surface area contributed by atoms with Crippen molar-refractivity contribution in [3.05, 3.63) is 39.8 Å². The highest BCUT2D eigenvalue weighted by molar-refractivity contribution is 7.85. The van der Waals surface area contributed by atoms with E-state index < -0.39 is 23.6 Å². The van der Waals surface area contributed by atoms with Gasteiger partial charge in [0.05, 0.1) is 31.7 Å². The molecule has 0 radical (unpaired) electrons. The summed E-state index contributed by atoms with van der Waals surface area (Å²) in [6, 6.07) is 4.06. The number of aromatic nitrogens is 2. The van der Waals surface area contributed by atoms with Gasteiger partial charge in [-0.15, -0.1) is 0 Å². The fourth-order valence-electron chi connectivity index (χ4n) is 3.56. The average molecular weight is 481 g/mol. The number of hydrogen-bond acceptors (Lipinski definition) is 6. The van der Waals surface area contributed by atoms with E-state index in [2.05, 4.69) is 15.3 Å². The fourth-order valence-corrected chi connectivity index (χ4v) is 5.59. The zero-order chi connectivity index (χ0) is 21.5. The molecule has 1 fully saturated rings. The molecular weight excluding hydrogens is 464 g/mol. The summed E-state index contributed by atoms with van der Waals surface area (Å²) in [5.41, 5.74) is 1.86. The van der Waals surface area contributed by atoms with E-state index >= 15 is 0 Å². The van der Waals surface area contributed by atoms with E-state index in [0.717, 1.165) is 17.1 Å². The Balaban J connectivity index is 1.47. The number of hydrogen-bond donors (Lipinski definition) is 1. The van der Waals surface area contributed by atoms with Crippen LogP contribution in [0.2, 0.25) is 10.3 Å². The topological polar surface area (TPSA) is 67.3 Å². The Labute approximate surface area is 183 Å². The SMILES string of the molecule is O=S(c1ccc(OCC(F)(F)F)cc1Cl)C1CCN(c2nc(Cl)nc3c2CNC3)C1. The van der Waals surface area contributed by atoms with Crippen molar-refractivity contribution in [2.45, 2.75) is 35.8 Å². The summed E-state index contributed by atoms with van der Waals surface area (Å²) in [6.45, 7) is 1.02. The lowest BCUT2D eigenvalue weighted by molar-refractivity contribution is -0.153. The van der Waals surface area contributed by atoms with E-state index in [0.29, 0.717) is 37.5 Å². The monoisotopic (exact) mass is 480 g/mol. The molecule has 0 spiro atoms. The van der Waals surface area contributed by atoms with E-state index in [1.807, 2.05) is 4.90 Å². The van der Waals surface area contributed by atoms with Crippen LogP contribution >= 0.6 is 23.2 Å². The van der Waals surface area contributed by atoms with Crippen molar-refractivity contribution in [3.63, 3.8) is 0 Å². The highest BCUT2D eigenvalue weighted by Crippen LogP contribution is 2.33. The van der Waals surface area contributed by atoms with Gasteiger partial charge in [0.25, 0.3) is 0 Å². The molecule has 3 heterocycles. The van der Waals surface area contributed by atoms with Gasteiger partial charge in [0.15, 0.2) is 6.61 Å². The first kappa shape index (κ1) is 21.6. The highest BCUT2D eigenvalue weighted by Gasteiger charge is 2.33. The molecule has 162 valence electrons. The van der Waals surface area contributed by atoms with E-state index in [9.17, 15) is 17.4 Å². The molecule has 0 amide bonds. The molecule has 2 atom stereocenters. The van der Waals surface area contributed by atoms with Crippen LogP contribution in [0.3, 0.4) is 0 Å². The Morgan fingerprint density at radius 1 is 1.27 bits per heavy atom. The average Bonchev–Trinajstić information content (AvgIpc) is 3.34. The maximum absolute atomic E-state index is 13.1. The molecule has 4 rings (SSSR count). The number of nitrogens with one attached hydrogen (secondary N) is 1. The van der Waals surface area contributed by atoms with Crippen molar-refractivity contribution in [2.24, 2.45) is 0 Å². The zero-order valence-corrected chi connectivity index (χ0v) is 17.8. The predicted octanol–water partition coefficient (Wildman–Crippen LogP) is 3.71. The first-order chi connectivity index (χ1) is 14.2. The van der Waals surface area contributed by atoms with Gasteiger partial charge in [-0.25, -0.2) is 9.97 Å². The number of alkyl halides is 3. The van der Waals surface area contributed by atoms with Crippen molar-refractivity contribution in [1.82, 2.24) is 15.3 Å². The molecule has 1 aromatic carbocycles. The van der Waals surface area contributed by atoms with E-state index in [-0.39, 0.29) is 21.3 Å². The number of rotatable bonds is 5. The summed E-state index contributed by atoms with van der Waals surface area (Å²) >= 11 is 12.2. The Bertz CT molecular complexity index is 993. The molecule has 2 aromatic rings. The number of nitrogens with zero attached hydrogens (tertiary/aromatic N) is 3. The quantitative estimate of drug-likeness (QED) is 0.657. The minimum absolute atomic E-state index is 0.0233. The number of anilines is 1. The van der Waals surface area contributed by atoms with Gasteiger partial charge in [0.2, 0.25) is 5.28 Å². The van der Waals surface area contributed by atoms with Gasteiger partial charge in [-0.2, -0.15) is 13.2 Å². The summed E-state index contributed by atoms with van der Waals surface area (Å²) in [5, 5.41) is 3.31. The van der Waals surface area contributed by atoms with Gasteiger partial charge in [0.1, 0.15) is 11.6 Å². The highest BCUT2D eigenvalue weighted by atomic mass is 35.5. The number of benzene rings is 1. The fraction of sp³-hybridized carbons (Fsp3) is 0.444. The van der Waals surface area contributed by atoms with E-state index in [1.54, 1.807) is 0 Å². The molecule has 0 saturated carbocycles. The van der Waals surface area contributed by atoms with Crippen LogP contribution in [-0.4, -0.2) is 45.3 Å². The van der Waals surface area contributed by atoms with Crippen LogP contribution < -0.4 is 15.0 Å². The first-order valence-corrected chi connectivity index (χ1v) is 11.1. The molecule has 2 aliphatic heterocycles. The van der Waals surface area contributed by atoms with Crippen LogP contribution in [0.5, 0.6) is 5.75 Å². The van der Waals surface area contributed by atoms with Gasteiger partial charge in [-0.3, -0.25) is 4.21 Å². The summed E-state index contributed by atoms with van der Waals surface area (Å²) in [6.07, 6.45) is -3.79. The van der Waals surface area contributed by atoms with Crippen molar-refractivity contribution < 1.29 is 22.1 Å². The zero-order valence-electron chi connectivity index (χ0n) is 15.5. The van der Waals surface area contributed by atoms with Crippen molar-refractivity contribution in [2.75, 3.05) is 24.6 Å². The Morgan fingerprint density at radius 2 is 2.07 bits per heavy atom. The largest absolute Gasteiger partial charge is 0.484 e. The van der Waals surface area contributed by atoms with E-state index in [1.165, 1.54) is 18.2 Å². The molecule has 6 nitrogen and oxygen atoms in total. The lowest BCUT2D eigenvalue weighted by atomic mass is 10.2. The Morgan fingerprint density at radius 3 is 2.80 bits per heavy atom. The first-order valence-electron chi connectivity index (χ1n) is 9.12. The maximum Gasteiger partial charge on any atom is 0.422 e. The second-order valence-corrected chi connectivity index (χ2v) is 9.44.